The van der Waals surface area contributed by atoms with Crippen molar-refractivity contribution in [2.24, 2.45) is 5.92 Å². The number of hydrogen-bond acceptors (Lipinski definition) is 4. The molecular formula is C12H22N4O. The molecule has 1 fully saturated rings. The largest absolute Gasteiger partial charge is 0.396 e. The number of aromatic nitrogens is 2. The van der Waals surface area contributed by atoms with Gasteiger partial charge in [-0.1, -0.05) is 0 Å². The van der Waals surface area contributed by atoms with E-state index in [0.717, 1.165) is 44.7 Å². The van der Waals surface area contributed by atoms with Crippen molar-refractivity contribution < 1.29 is 5.11 Å². The molecule has 1 aromatic heterocycles. The molecule has 1 saturated heterocycles. The van der Waals surface area contributed by atoms with Crippen molar-refractivity contribution in [3.05, 3.63) is 12.4 Å². The summed E-state index contributed by atoms with van der Waals surface area (Å²) >= 11 is 0. The Bertz CT molecular complexity index is 342. The van der Waals surface area contributed by atoms with Gasteiger partial charge in [-0.15, -0.1) is 0 Å². The first kappa shape index (κ1) is 12.4. The van der Waals surface area contributed by atoms with Gasteiger partial charge in [-0.05, 0) is 38.8 Å². The summed E-state index contributed by atoms with van der Waals surface area (Å²) in [5.74, 6) is 0.478. The second kappa shape index (κ2) is 5.51. The third-order valence-corrected chi connectivity index (χ3v) is 3.61. The van der Waals surface area contributed by atoms with Gasteiger partial charge >= 0.3 is 0 Å². The highest BCUT2D eigenvalue weighted by Crippen LogP contribution is 2.20. The van der Waals surface area contributed by atoms with Crippen molar-refractivity contribution in [1.82, 2.24) is 14.7 Å². The monoisotopic (exact) mass is 238 g/mol. The Balaban J connectivity index is 1.71. The summed E-state index contributed by atoms with van der Waals surface area (Å²) in [6, 6.07) is 0. The van der Waals surface area contributed by atoms with Gasteiger partial charge in [0, 0.05) is 12.7 Å². The van der Waals surface area contributed by atoms with Crippen LogP contribution in [0.1, 0.15) is 19.8 Å². The van der Waals surface area contributed by atoms with E-state index in [2.05, 4.69) is 10.00 Å². The van der Waals surface area contributed by atoms with Crippen LogP contribution in [0.3, 0.4) is 0 Å². The average molecular weight is 238 g/mol. The second-order valence-corrected chi connectivity index (χ2v) is 4.96. The Morgan fingerprint density at radius 2 is 2.18 bits per heavy atom. The van der Waals surface area contributed by atoms with E-state index in [9.17, 15) is 5.11 Å². The highest BCUT2D eigenvalue weighted by molar-refractivity contribution is 5.30. The summed E-state index contributed by atoms with van der Waals surface area (Å²) in [7, 11) is 0. The summed E-state index contributed by atoms with van der Waals surface area (Å²) < 4.78 is 1.89. The molecule has 0 spiro atoms. The smallest absolute Gasteiger partial charge is 0.0719 e. The molecule has 0 bridgehead atoms. The molecule has 0 saturated carbocycles. The van der Waals surface area contributed by atoms with E-state index in [1.54, 1.807) is 6.20 Å². The molecule has 2 heterocycles. The molecule has 0 amide bonds. The molecule has 1 aliphatic rings. The molecule has 1 aromatic rings. The van der Waals surface area contributed by atoms with Crippen molar-refractivity contribution in [3.63, 3.8) is 0 Å². The first-order valence-corrected chi connectivity index (χ1v) is 6.33. The van der Waals surface area contributed by atoms with Gasteiger partial charge in [-0.2, -0.15) is 5.10 Å². The molecule has 96 valence electrons. The Hall–Kier alpha value is -1.07. The van der Waals surface area contributed by atoms with Crippen molar-refractivity contribution in [2.75, 3.05) is 25.4 Å². The number of likely N-dealkylation sites (tertiary alicyclic amines) is 1. The number of piperidine rings is 1. The third kappa shape index (κ3) is 3.44. The number of anilines is 1. The van der Waals surface area contributed by atoms with E-state index in [0.29, 0.717) is 5.92 Å². The minimum Gasteiger partial charge on any atom is -0.396 e. The van der Waals surface area contributed by atoms with Gasteiger partial charge in [0.05, 0.1) is 24.5 Å². The maximum Gasteiger partial charge on any atom is 0.0719 e. The zero-order valence-electron chi connectivity index (χ0n) is 10.4. The quantitative estimate of drug-likeness (QED) is 0.804. The van der Waals surface area contributed by atoms with Gasteiger partial charge in [0.2, 0.25) is 0 Å². The van der Waals surface area contributed by atoms with Gasteiger partial charge in [0.25, 0.3) is 0 Å². The van der Waals surface area contributed by atoms with Crippen LogP contribution in [-0.2, 0) is 6.54 Å². The summed E-state index contributed by atoms with van der Waals surface area (Å²) in [5.41, 5.74) is 6.33. The zero-order chi connectivity index (χ0) is 12.3. The van der Waals surface area contributed by atoms with Crippen molar-refractivity contribution in [2.45, 2.75) is 32.4 Å². The fraction of sp³-hybridized carbons (Fsp3) is 0.750. The lowest BCUT2D eigenvalue weighted by atomic mass is 9.92. The lowest BCUT2D eigenvalue weighted by Gasteiger charge is -2.33. The maximum absolute atomic E-state index is 9.53. The molecule has 0 radical (unpaired) electrons. The topological polar surface area (TPSA) is 67.3 Å². The molecule has 1 atom stereocenters. The summed E-state index contributed by atoms with van der Waals surface area (Å²) in [6.07, 6.45) is 5.57. The van der Waals surface area contributed by atoms with Gasteiger partial charge in [0.1, 0.15) is 0 Å². The third-order valence-electron chi connectivity index (χ3n) is 3.61. The summed E-state index contributed by atoms with van der Waals surface area (Å²) in [4.78, 5) is 2.43. The van der Waals surface area contributed by atoms with E-state index < -0.39 is 0 Å². The molecule has 0 aromatic carbocycles. The van der Waals surface area contributed by atoms with Gasteiger partial charge in [-0.3, -0.25) is 4.68 Å². The highest BCUT2D eigenvalue weighted by atomic mass is 16.3. The molecule has 3 N–H and O–H groups in total. The van der Waals surface area contributed by atoms with Crippen LogP contribution in [0.5, 0.6) is 0 Å². The summed E-state index contributed by atoms with van der Waals surface area (Å²) in [5, 5.41) is 13.7. The first-order valence-electron chi connectivity index (χ1n) is 6.33. The van der Waals surface area contributed by atoms with Crippen molar-refractivity contribution in [3.8, 4) is 0 Å². The molecule has 2 rings (SSSR count). The number of nitrogens with zero attached hydrogens (tertiary/aromatic N) is 3. The molecule has 1 unspecified atom stereocenters. The van der Waals surface area contributed by atoms with Crippen LogP contribution in [0.4, 0.5) is 5.69 Å². The molecule has 1 aliphatic heterocycles. The highest BCUT2D eigenvalue weighted by Gasteiger charge is 2.22. The molecule has 0 aliphatic carbocycles. The second-order valence-electron chi connectivity index (χ2n) is 4.96. The zero-order valence-corrected chi connectivity index (χ0v) is 10.4. The van der Waals surface area contributed by atoms with Crippen molar-refractivity contribution >= 4 is 5.69 Å². The fourth-order valence-corrected chi connectivity index (χ4v) is 2.40. The Morgan fingerprint density at radius 3 is 2.71 bits per heavy atom. The van der Waals surface area contributed by atoms with Gasteiger partial charge in [-0.25, -0.2) is 0 Å². The fourth-order valence-electron chi connectivity index (χ4n) is 2.40. The Labute approximate surface area is 102 Å². The summed E-state index contributed by atoms with van der Waals surface area (Å²) in [6.45, 7) is 5.94. The molecular weight excluding hydrogens is 216 g/mol. The Kier molecular flexibility index (Phi) is 4.02. The number of aliphatic hydroxyl groups excluding tert-OH is 1. The molecule has 5 nitrogen and oxygen atoms in total. The predicted octanol–water partition coefficient (Wildman–Crippen LogP) is 0.558. The Morgan fingerprint density at radius 1 is 1.47 bits per heavy atom. The lowest BCUT2D eigenvalue weighted by Crippen LogP contribution is -2.38. The van der Waals surface area contributed by atoms with Crippen LogP contribution < -0.4 is 5.73 Å². The normalized spacial score (nSPS) is 20.6. The van der Waals surface area contributed by atoms with E-state index in [4.69, 9.17) is 5.73 Å². The van der Waals surface area contributed by atoms with Crippen LogP contribution in [0.25, 0.3) is 0 Å². The van der Waals surface area contributed by atoms with E-state index in [1.807, 2.05) is 17.8 Å². The number of rotatable bonds is 4. The predicted molar refractivity (Wildman–Crippen MR) is 67.5 cm³/mol. The van der Waals surface area contributed by atoms with E-state index in [1.165, 1.54) is 0 Å². The lowest BCUT2D eigenvalue weighted by molar-refractivity contribution is 0.0705. The maximum atomic E-state index is 9.53. The number of nitrogens with two attached hydrogens (primary N) is 1. The number of aliphatic hydroxyl groups is 1. The van der Waals surface area contributed by atoms with Crippen LogP contribution >= 0.6 is 0 Å². The first-order chi connectivity index (χ1) is 8.15. The van der Waals surface area contributed by atoms with E-state index >= 15 is 0 Å². The van der Waals surface area contributed by atoms with Crippen LogP contribution in [-0.4, -0.2) is 45.5 Å². The average Bonchev–Trinajstić information content (AvgIpc) is 2.73. The minimum atomic E-state index is -0.164. The molecule has 17 heavy (non-hydrogen) atoms. The van der Waals surface area contributed by atoms with Crippen LogP contribution in [0.2, 0.25) is 0 Å². The van der Waals surface area contributed by atoms with Gasteiger partial charge in [0.15, 0.2) is 0 Å². The van der Waals surface area contributed by atoms with Gasteiger partial charge < -0.3 is 15.7 Å². The standard InChI is InChI=1S/C12H22N4O/c1-10(17)11-2-4-15(5-3-11)6-7-16-9-12(13)8-14-16/h8-11,17H,2-7,13H2,1H3. The number of hydrogen-bond donors (Lipinski definition) is 2. The van der Waals surface area contributed by atoms with E-state index in [-0.39, 0.29) is 6.10 Å². The minimum absolute atomic E-state index is 0.164. The number of nitrogen functional groups attached to an aromatic ring is 1. The van der Waals surface area contributed by atoms with Crippen molar-refractivity contribution in [1.29, 1.82) is 0 Å². The molecule has 5 heteroatoms. The SMILES string of the molecule is CC(O)C1CCN(CCn2cc(N)cn2)CC1. The van der Waals surface area contributed by atoms with Crippen LogP contribution in [0, 0.1) is 5.92 Å². The van der Waals surface area contributed by atoms with Crippen LogP contribution in [0.15, 0.2) is 12.4 Å².